The van der Waals surface area contributed by atoms with Crippen molar-refractivity contribution < 1.29 is 4.52 Å². The highest BCUT2D eigenvalue weighted by atomic mass is 16.5. The van der Waals surface area contributed by atoms with Gasteiger partial charge in [0.1, 0.15) is 5.76 Å². The fraction of sp³-hybridized carbons (Fsp3) is 0.500. The van der Waals surface area contributed by atoms with E-state index in [9.17, 15) is 0 Å². The maximum atomic E-state index is 5.32. The molecule has 0 aliphatic heterocycles. The van der Waals surface area contributed by atoms with Gasteiger partial charge in [-0.3, -0.25) is 9.97 Å². The predicted octanol–water partition coefficient (Wildman–Crippen LogP) is 8.48. The third-order valence-electron chi connectivity index (χ3n) is 7.10. The molecule has 2 unspecified atom stereocenters. The monoisotopic (exact) mass is 474 g/mol. The summed E-state index contributed by atoms with van der Waals surface area (Å²) in [5, 5.41) is 4.06. The topological polar surface area (TPSA) is 56.7 Å². The second kappa shape index (κ2) is 12.1. The summed E-state index contributed by atoms with van der Waals surface area (Å²) < 4.78 is 7.56. The Morgan fingerprint density at radius 1 is 1.03 bits per heavy atom. The smallest absolute Gasteiger partial charge is 0.141 e. The number of fused-ring (bicyclic) bond motifs is 1. The number of unbranched alkanes of at least 4 members (excludes halogenated alkanes) is 1. The van der Waals surface area contributed by atoms with Crippen LogP contribution in [-0.4, -0.2) is 19.7 Å². The first-order valence-corrected chi connectivity index (χ1v) is 13.1. The van der Waals surface area contributed by atoms with Crippen LogP contribution in [0.25, 0.3) is 22.2 Å². The van der Waals surface area contributed by atoms with Crippen LogP contribution in [0.5, 0.6) is 0 Å². The van der Waals surface area contributed by atoms with Gasteiger partial charge in [0.15, 0.2) is 0 Å². The first-order valence-electron chi connectivity index (χ1n) is 13.1. The van der Waals surface area contributed by atoms with Crippen molar-refractivity contribution in [2.45, 2.75) is 87.1 Å². The molecule has 4 rings (SSSR count). The standard InChI is InChI=1S/C20H20N4O.C10H22/c1-12-11-24(14(3)17-7-5-6-8-21-17)18-9-16(10-22-20(12)18)19-13(2)23-25-15(19)4;1-5-7-8-10(6-2)9(3)4/h5-11,14H,1-4H3;9-10H,5-8H2,1-4H3. The molecule has 35 heavy (non-hydrogen) atoms. The van der Waals surface area contributed by atoms with Crippen LogP contribution in [0, 0.1) is 32.6 Å². The summed E-state index contributed by atoms with van der Waals surface area (Å²) >= 11 is 0. The Balaban J connectivity index is 0.000000292. The minimum absolute atomic E-state index is 0.124. The Morgan fingerprint density at radius 3 is 2.37 bits per heavy atom. The van der Waals surface area contributed by atoms with E-state index in [1.54, 1.807) is 0 Å². The van der Waals surface area contributed by atoms with Gasteiger partial charge < -0.3 is 9.09 Å². The van der Waals surface area contributed by atoms with Crippen molar-refractivity contribution in [2.75, 3.05) is 0 Å². The maximum absolute atomic E-state index is 5.32. The zero-order valence-corrected chi connectivity index (χ0v) is 22.8. The maximum Gasteiger partial charge on any atom is 0.141 e. The molecule has 2 atom stereocenters. The largest absolute Gasteiger partial charge is 0.361 e. The van der Waals surface area contributed by atoms with Gasteiger partial charge >= 0.3 is 0 Å². The summed E-state index contributed by atoms with van der Waals surface area (Å²) in [4.78, 5) is 9.21. The minimum Gasteiger partial charge on any atom is -0.361 e. The lowest BCUT2D eigenvalue weighted by molar-refractivity contribution is 0.339. The molecule has 0 N–H and O–H groups in total. The second-order valence-corrected chi connectivity index (χ2v) is 10.00. The van der Waals surface area contributed by atoms with E-state index in [4.69, 9.17) is 9.51 Å². The molecule has 5 nitrogen and oxygen atoms in total. The van der Waals surface area contributed by atoms with Crippen molar-refractivity contribution in [1.29, 1.82) is 0 Å². The molecule has 0 fully saturated rings. The molecule has 4 aromatic rings. The average molecular weight is 475 g/mol. The zero-order valence-electron chi connectivity index (χ0n) is 22.8. The summed E-state index contributed by atoms with van der Waals surface area (Å²) in [5.74, 6) is 2.67. The first kappa shape index (κ1) is 26.7. The highest BCUT2D eigenvalue weighted by Gasteiger charge is 2.18. The summed E-state index contributed by atoms with van der Waals surface area (Å²) in [5.41, 5.74) is 7.21. The fourth-order valence-corrected chi connectivity index (χ4v) is 4.89. The number of nitrogens with zero attached hydrogens (tertiary/aromatic N) is 4. The molecule has 0 aromatic carbocycles. The van der Waals surface area contributed by atoms with Gasteiger partial charge in [0.2, 0.25) is 0 Å². The van der Waals surface area contributed by atoms with Crippen LogP contribution < -0.4 is 0 Å². The lowest BCUT2D eigenvalue weighted by Gasteiger charge is -2.17. The van der Waals surface area contributed by atoms with E-state index < -0.39 is 0 Å². The number of rotatable bonds is 8. The SMILES string of the molecule is CCCCC(CC)C(C)C.Cc1noc(C)c1-c1cnc2c(C)cn(C(C)c3ccccn3)c2c1. The van der Waals surface area contributed by atoms with Crippen molar-refractivity contribution in [3.05, 3.63) is 65.6 Å². The Bertz CT molecular complexity index is 1190. The third-order valence-corrected chi connectivity index (χ3v) is 7.10. The van der Waals surface area contributed by atoms with E-state index in [1.165, 1.54) is 25.7 Å². The van der Waals surface area contributed by atoms with E-state index in [0.29, 0.717) is 0 Å². The summed E-state index contributed by atoms with van der Waals surface area (Å²) in [6.07, 6.45) is 11.4. The van der Waals surface area contributed by atoms with Crippen molar-refractivity contribution in [1.82, 2.24) is 19.7 Å². The zero-order chi connectivity index (χ0) is 25.5. The number of hydrogen-bond donors (Lipinski definition) is 0. The van der Waals surface area contributed by atoms with Crippen LogP contribution >= 0.6 is 0 Å². The minimum atomic E-state index is 0.124. The van der Waals surface area contributed by atoms with Gasteiger partial charge in [0, 0.05) is 29.7 Å². The lowest BCUT2D eigenvalue weighted by Crippen LogP contribution is -2.07. The fourth-order valence-electron chi connectivity index (χ4n) is 4.89. The molecular formula is C30H42N4O. The molecule has 0 radical (unpaired) electrons. The molecule has 188 valence electrons. The lowest BCUT2D eigenvalue weighted by atomic mass is 9.89. The van der Waals surface area contributed by atoms with Crippen LogP contribution in [0.2, 0.25) is 0 Å². The van der Waals surface area contributed by atoms with E-state index in [1.807, 2.05) is 38.4 Å². The first-order chi connectivity index (χ1) is 16.8. The molecule has 0 spiro atoms. The van der Waals surface area contributed by atoms with Crippen LogP contribution in [-0.2, 0) is 0 Å². The van der Waals surface area contributed by atoms with Gasteiger partial charge in [-0.1, -0.05) is 64.6 Å². The van der Waals surface area contributed by atoms with Gasteiger partial charge in [-0.2, -0.15) is 0 Å². The van der Waals surface area contributed by atoms with Crippen LogP contribution in [0.15, 0.2) is 47.4 Å². The van der Waals surface area contributed by atoms with Gasteiger partial charge in [-0.05, 0) is 63.3 Å². The number of aromatic nitrogens is 4. The normalized spacial score (nSPS) is 13.1. The summed E-state index contributed by atoms with van der Waals surface area (Å²) in [6.45, 7) is 17.4. The highest BCUT2D eigenvalue weighted by Crippen LogP contribution is 2.32. The Morgan fingerprint density at radius 2 is 1.80 bits per heavy atom. The molecule has 0 saturated heterocycles. The predicted molar refractivity (Wildman–Crippen MR) is 146 cm³/mol. The molecule has 4 heterocycles. The number of pyridine rings is 2. The van der Waals surface area contributed by atoms with Gasteiger partial charge in [-0.25, -0.2) is 0 Å². The molecule has 4 aromatic heterocycles. The number of aryl methyl sites for hydroxylation is 3. The van der Waals surface area contributed by atoms with E-state index >= 15 is 0 Å². The van der Waals surface area contributed by atoms with Crippen molar-refractivity contribution in [2.24, 2.45) is 11.8 Å². The molecule has 0 amide bonds. The van der Waals surface area contributed by atoms with Crippen LogP contribution in [0.1, 0.15) is 89.1 Å². The second-order valence-electron chi connectivity index (χ2n) is 10.00. The van der Waals surface area contributed by atoms with Crippen molar-refractivity contribution in [3.8, 4) is 11.1 Å². The van der Waals surface area contributed by atoms with Crippen LogP contribution in [0.4, 0.5) is 0 Å². The Hall–Kier alpha value is -2.95. The molecule has 0 bridgehead atoms. The van der Waals surface area contributed by atoms with Crippen molar-refractivity contribution in [3.63, 3.8) is 0 Å². The third kappa shape index (κ3) is 6.19. The van der Waals surface area contributed by atoms with Crippen molar-refractivity contribution >= 4 is 11.0 Å². The van der Waals surface area contributed by atoms with Gasteiger partial charge in [0.25, 0.3) is 0 Å². The van der Waals surface area contributed by atoms with Gasteiger partial charge in [-0.15, -0.1) is 0 Å². The molecule has 0 aliphatic carbocycles. The Kier molecular flexibility index (Phi) is 9.25. The van der Waals surface area contributed by atoms with Crippen LogP contribution in [0.3, 0.4) is 0 Å². The number of hydrogen-bond acceptors (Lipinski definition) is 4. The highest BCUT2D eigenvalue weighted by molar-refractivity contribution is 5.85. The summed E-state index contributed by atoms with van der Waals surface area (Å²) in [7, 11) is 0. The average Bonchev–Trinajstić information content (AvgIpc) is 3.37. The van der Waals surface area contributed by atoms with Gasteiger partial charge in [0.05, 0.1) is 28.5 Å². The summed E-state index contributed by atoms with van der Waals surface area (Å²) in [6, 6.07) is 8.30. The molecule has 5 heteroatoms. The molecular weight excluding hydrogens is 432 g/mol. The molecule has 0 saturated carbocycles. The quantitative estimate of drug-likeness (QED) is 0.257. The van der Waals surface area contributed by atoms with E-state index in [2.05, 4.69) is 74.6 Å². The van der Waals surface area contributed by atoms with E-state index in [-0.39, 0.29) is 6.04 Å². The van der Waals surface area contributed by atoms with E-state index in [0.717, 1.165) is 56.7 Å². The Labute approximate surface area is 211 Å². The molecule has 0 aliphatic rings.